The molecule has 5 nitrogen and oxygen atoms in total. The van der Waals surface area contributed by atoms with E-state index in [1.165, 1.54) is 7.11 Å². The number of rotatable bonds is 7. The third-order valence-electron chi connectivity index (χ3n) is 2.53. The maximum atomic E-state index is 9.09. The molecule has 0 bridgehead atoms. The smallest absolute Gasteiger partial charge is 0.154 e. The van der Waals surface area contributed by atoms with Crippen molar-refractivity contribution in [1.29, 1.82) is 0 Å². The van der Waals surface area contributed by atoms with E-state index in [0.29, 0.717) is 0 Å². The van der Waals surface area contributed by atoms with Crippen molar-refractivity contribution in [2.24, 2.45) is 5.41 Å². The Morgan fingerprint density at radius 2 is 1.50 bits per heavy atom. The van der Waals surface area contributed by atoms with Gasteiger partial charge in [0.25, 0.3) is 0 Å². The Labute approximate surface area is 84.3 Å². The van der Waals surface area contributed by atoms with Crippen LogP contribution in [0.15, 0.2) is 0 Å². The summed E-state index contributed by atoms with van der Waals surface area (Å²) in [5.74, 6) is 0. The highest BCUT2D eigenvalue weighted by Gasteiger charge is 2.36. The molecule has 0 aliphatic heterocycles. The van der Waals surface area contributed by atoms with Crippen LogP contribution in [0.5, 0.6) is 0 Å². The summed E-state index contributed by atoms with van der Waals surface area (Å²) in [5, 5.41) is 27.3. The van der Waals surface area contributed by atoms with Gasteiger partial charge in [-0.3, -0.25) is 0 Å². The summed E-state index contributed by atoms with van der Waals surface area (Å²) in [6.45, 7) is 2.37. The summed E-state index contributed by atoms with van der Waals surface area (Å²) >= 11 is 0. The van der Waals surface area contributed by atoms with Gasteiger partial charge in [0.1, 0.15) is 0 Å². The second-order valence-electron chi connectivity index (χ2n) is 3.42. The normalized spacial score (nSPS) is 16.7. The predicted molar refractivity (Wildman–Crippen MR) is 50.7 cm³/mol. The van der Waals surface area contributed by atoms with E-state index >= 15 is 0 Å². The Bertz CT molecular complexity index is 138. The highest BCUT2D eigenvalue weighted by Crippen LogP contribution is 2.23. The van der Waals surface area contributed by atoms with Crippen LogP contribution in [-0.4, -0.2) is 54.6 Å². The standard InChI is InChI=1S/C9H20O5/c1-7(14-8(2)13-3)9(4-10,5-11)6-12/h7-8,10-12H,4-6H2,1-3H3. The van der Waals surface area contributed by atoms with Crippen molar-refractivity contribution in [2.75, 3.05) is 26.9 Å². The zero-order valence-electron chi connectivity index (χ0n) is 8.93. The first kappa shape index (κ1) is 13.8. The Kier molecular flexibility index (Phi) is 6.22. The van der Waals surface area contributed by atoms with Crippen LogP contribution in [0.1, 0.15) is 13.8 Å². The lowest BCUT2D eigenvalue weighted by Crippen LogP contribution is -2.46. The molecule has 0 saturated carbocycles. The Morgan fingerprint density at radius 1 is 1.07 bits per heavy atom. The monoisotopic (exact) mass is 208 g/mol. The van der Waals surface area contributed by atoms with E-state index in [9.17, 15) is 0 Å². The molecule has 0 amide bonds. The maximum absolute atomic E-state index is 9.09. The molecule has 5 heteroatoms. The molecular formula is C9H20O5. The minimum Gasteiger partial charge on any atom is -0.396 e. The van der Waals surface area contributed by atoms with Gasteiger partial charge in [0, 0.05) is 7.11 Å². The van der Waals surface area contributed by atoms with Gasteiger partial charge in [0.15, 0.2) is 6.29 Å². The average Bonchev–Trinajstić information content (AvgIpc) is 2.21. The molecule has 0 fully saturated rings. The van der Waals surface area contributed by atoms with Gasteiger partial charge in [-0.15, -0.1) is 0 Å². The van der Waals surface area contributed by atoms with Gasteiger partial charge in [-0.05, 0) is 13.8 Å². The van der Waals surface area contributed by atoms with Crippen molar-refractivity contribution in [3.05, 3.63) is 0 Å². The molecule has 0 spiro atoms. The Morgan fingerprint density at radius 3 is 1.79 bits per heavy atom. The van der Waals surface area contributed by atoms with Crippen LogP contribution in [0.25, 0.3) is 0 Å². The fraction of sp³-hybridized carbons (Fsp3) is 1.00. The molecule has 0 radical (unpaired) electrons. The van der Waals surface area contributed by atoms with Crippen molar-refractivity contribution < 1.29 is 24.8 Å². The lowest BCUT2D eigenvalue weighted by Gasteiger charge is -2.34. The number of aliphatic hydroxyl groups excluding tert-OH is 3. The lowest BCUT2D eigenvalue weighted by molar-refractivity contribution is -0.193. The van der Waals surface area contributed by atoms with Crippen molar-refractivity contribution in [3.8, 4) is 0 Å². The number of hydrogen-bond donors (Lipinski definition) is 3. The van der Waals surface area contributed by atoms with Gasteiger partial charge in [-0.25, -0.2) is 0 Å². The highest BCUT2D eigenvalue weighted by atomic mass is 16.7. The third kappa shape index (κ3) is 3.18. The van der Waals surface area contributed by atoms with E-state index < -0.39 is 17.8 Å². The first-order chi connectivity index (χ1) is 6.56. The fourth-order valence-corrected chi connectivity index (χ4v) is 1.02. The van der Waals surface area contributed by atoms with Crippen LogP contribution < -0.4 is 0 Å². The van der Waals surface area contributed by atoms with E-state index in [-0.39, 0.29) is 19.8 Å². The molecule has 0 saturated heterocycles. The molecule has 0 aliphatic carbocycles. The van der Waals surface area contributed by atoms with Gasteiger partial charge < -0.3 is 24.8 Å². The molecule has 0 rings (SSSR count). The lowest BCUT2D eigenvalue weighted by atomic mass is 9.85. The van der Waals surface area contributed by atoms with E-state index in [1.54, 1.807) is 13.8 Å². The maximum Gasteiger partial charge on any atom is 0.154 e. The summed E-state index contributed by atoms with van der Waals surface area (Å²) in [4.78, 5) is 0. The molecule has 0 heterocycles. The molecule has 0 aliphatic rings. The van der Waals surface area contributed by atoms with Crippen LogP contribution in [0.3, 0.4) is 0 Å². The largest absolute Gasteiger partial charge is 0.396 e. The number of hydrogen-bond acceptors (Lipinski definition) is 5. The fourth-order valence-electron chi connectivity index (χ4n) is 1.02. The molecule has 0 aromatic heterocycles. The second kappa shape index (κ2) is 6.31. The zero-order valence-corrected chi connectivity index (χ0v) is 8.93. The van der Waals surface area contributed by atoms with Gasteiger partial charge in [-0.1, -0.05) is 0 Å². The summed E-state index contributed by atoms with van der Waals surface area (Å²) in [7, 11) is 1.50. The van der Waals surface area contributed by atoms with Gasteiger partial charge >= 0.3 is 0 Å². The Hall–Kier alpha value is -0.200. The summed E-state index contributed by atoms with van der Waals surface area (Å²) < 4.78 is 10.2. The number of methoxy groups -OCH3 is 1. The van der Waals surface area contributed by atoms with Crippen LogP contribution in [0.2, 0.25) is 0 Å². The van der Waals surface area contributed by atoms with Crippen molar-refractivity contribution in [1.82, 2.24) is 0 Å². The molecule has 2 atom stereocenters. The SMILES string of the molecule is COC(C)OC(C)C(CO)(CO)CO. The molecule has 2 unspecified atom stereocenters. The third-order valence-corrected chi connectivity index (χ3v) is 2.53. The van der Waals surface area contributed by atoms with Crippen molar-refractivity contribution in [2.45, 2.75) is 26.2 Å². The first-order valence-electron chi connectivity index (χ1n) is 4.57. The van der Waals surface area contributed by atoms with E-state index in [4.69, 9.17) is 24.8 Å². The molecule has 3 N–H and O–H groups in total. The second-order valence-corrected chi connectivity index (χ2v) is 3.42. The average molecular weight is 208 g/mol. The molecule has 0 aromatic carbocycles. The van der Waals surface area contributed by atoms with Gasteiger partial charge in [0.05, 0.1) is 31.3 Å². The molecule has 14 heavy (non-hydrogen) atoms. The minimum absolute atomic E-state index is 0.336. The van der Waals surface area contributed by atoms with Gasteiger partial charge in [-0.2, -0.15) is 0 Å². The van der Waals surface area contributed by atoms with E-state index in [0.717, 1.165) is 0 Å². The molecule has 86 valence electrons. The van der Waals surface area contributed by atoms with Gasteiger partial charge in [0.2, 0.25) is 0 Å². The van der Waals surface area contributed by atoms with Crippen molar-refractivity contribution in [3.63, 3.8) is 0 Å². The predicted octanol–water partition coefficient (Wildman–Crippen LogP) is -0.653. The van der Waals surface area contributed by atoms with Crippen LogP contribution in [0, 0.1) is 5.41 Å². The van der Waals surface area contributed by atoms with Crippen LogP contribution in [0.4, 0.5) is 0 Å². The summed E-state index contributed by atoms with van der Waals surface area (Å²) in [5.41, 5.74) is -1.02. The van der Waals surface area contributed by atoms with Crippen LogP contribution in [-0.2, 0) is 9.47 Å². The quantitative estimate of drug-likeness (QED) is 0.484. The zero-order chi connectivity index (χ0) is 11.2. The number of ether oxygens (including phenoxy) is 2. The number of aliphatic hydroxyl groups is 3. The molecular weight excluding hydrogens is 188 g/mol. The summed E-state index contributed by atoms with van der Waals surface area (Å²) in [6.07, 6.45) is -0.925. The minimum atomic E-state index is -1.02. The van der Waals surface area contributed by atoms with E-state index in [1.807, 2.05) is 0 Å². The first-order valence-corrected chi connectivity index (χ1v) is 4.57. The topological polar surface area (TPSA) is 79.2 Å². The van der Waals surface area contributed by atoms with Crippen LogP contribution >= 0.6 is 0 Å². The highest BCUT2D eigenvalue weighted by molar-refractivity contribution is 4.83. The van der Waals surface area contributed by atoms with Crippen molar-refractivity contribution >= 4 is 0 Å². The Balaban J connectivity index is 4.35. The molecule has 0 aromatic rings. The summed E-state index contributed by atoms with van der Waals surface area (Å²) in [6, 6.07) is 0. The van der Waals surface area contributed by atoms with E-state index in [2.05, 4.69) is 0 Å².